The average Bonchev–Trinajstić information content (AvgIpc) is 2.86. The first-order chi connectivity index (χ1) is 15.8. The number of amides is 2. The van der Waals surface area contributed by atoms with Gasteiger partial charge in [-0.2, -0.15) is 0 Å². The normalized spacial score (nSPS) is 14.8. The second-order valence-electron chi connectivity index (χ2n) is 9.44. The van der Waals surface area contributed by atoms with Crippen molar-refractivity contribution in [2.75, 3.05) is 26.3 Å². The second kappa shape index (κ2) is 13.6. The lowest BCUT2D eigenvalue weighted by Crippen LogP contribution is -2.35. The van der Waals surface area contributed by atoms with E-state index in [1.54, 1.807) is 0 Å². The fourth-order valence-corrected chi connectivity index (χ4v) is 4.33. The lowest BCUT2D eigenvalue weighted by atomic mass is 9.79. The lowest BCUT2D eigenvalue weighted by molar-refractivity contribution is 0.192. The van der Waals surface area contributed by atoms with E-state index in [2.05, 4.69) is 56.2 Å². The molecule has 0 spiro atoms. The Kier molecular flexibility index (Phi) is 11.2. The summed E-state index contributed by atoms with van der Waals surface area (Å²) in [5, 5.41) is 22.7. The molecule has 0 saturated carbocycles. The van der Waals surface area contributed by atoms with Crippen molar-refractivity contribution in [1.29, 1.82) is 0 Å². The Labute approximate surface area is 204 Å². The molecule has 2 atom stereocenters. The molecule has 0 aliphatic heterocycles. The van der Waals surface area contributed by atoms with Gasteiger partial charge in [0, 0.05) is 23.9 Å². The Morgan fingerprint density at radius 1 is 0.818 bits per heavy atom. The number of unbranched alkanes of at least 4 members (excludes halogenated alkanes) is 2. The number of aliphatic hydroxyl groups is 2. The van der Waals surface area contributed by atoms with Crippen LogP contribution in [0.4, 0.5) is 4.79 Å². The maximum atomic E-state index is 12.3. The number of aliphatic hydroxyl groups excluding tert-OH is 2. The number of benzene rings is 2. The molecule has 6 heteroatoms. The van der Waals surface area contributed by atoms with Gasteiger partial charge in [-0.05, 0) is 36.8 Å². The van der Waals surface area contributed by atoms with E-state index in [0.29, 0.717) is 13.1 Å². The van der Waals surface area contributed by atoms with Crippen molar-refractivity contribution in [3.8, 4) is 0 Å². The van der Waals surface area contributed by atoms with E-state index in [0.717, 1.165) is 49.7 Å². The van der Waals surface area contributed by atoms with E-state index in [4.69, 9.17) is 0 Å². The number of carbonyl (C=O) groups excluding carboxylic acids is 1. The van der Waals surface area contributed by atoms with Crippen molar-refractivity contribution in [2.24, 2.45) is 0 Å². The van der Waals surface area contributed by atoms with Crippen LogP contribution in [0.2, 0.25) is 0 Å². The van der Waals surface area contributed by atoms with E-state index < -0.39 is 0 Å². The van der Waals surface area contributed by atoms with Crippen molar-refractivity contribution in [3.63, 3.8) is 0 Å². The van der Waals surface area contributed by atoms with Gasteiger partial charge in [-0.15, -0.1) is 0 Å². The highest BCUT2D eigenvalue weighted by atomic mass is 32.1. The van der Waals surface area contributed by atoms with Gasteiger partial charge in [0.1, 0.15) is 0 Å². The minimum atomic E-state index is -0.270. The largest absolute Gasteiger partial charge is 0.395 e. The summed E-state index contributed by atoms with van der Waals surface area (Å²) in [5.74, 6) is 0. The van der Waals surface area contributed by atoms with Crippen molar-refractivity contribution in [2.45, 2.75) is 63.2 Å². The molecular weight excluding hydrogens is 432 g/mol. The molecule has 0 heterocycles. The highest BCUT2D eigenvalue weighted by Gasteiger charge is 2.26. The molecule has 2 aromatic carbocycles. The summed E-state index contributed by atoms with van der Waals surface area (Å²) in [5.41, 5.74) is 1.75. The summed E-state index contributed by atoms with van der Waals surface area (Å²) in [6.45, 7) is 5.50. The molecule has 0 saturated heterocycles. The molecule has 3 N–H and O–H groups in total. The van der Waals surface area contributed by atoms with Gasteiger partial charge >= 0.3 is 6.03 Å². The topological polar surface area (TPSA) is 72.8 Å². The highest BCUT2D eigenvalue weighted by molar-refractivity contribution is 7.78. The predicted octanol–water partition coefficient (Wildman–Crippen LogP) is 5.08. The van der Waals surface area contributed by atoms with Gasteiger partial charge in [0.15, 0.2) is 0 Å². The number of hydrogen-bond donors (Lipinski definition) is 4. The first-order valence-electron chi connectivity index (χ1n) is 11.9. The third-order valence-corrected chi connectivity index (χ3v) is 7.04. The predicted molar refractivity (Wildman–Crippen MR) is 139 cm³/mol. The lowest BCUT2D eigenvalue weighted by Gasteiger charge is -2.28. The van der Waals surface area contributed by atoms with Crippen LogP contribution < -0.4 is 5.32 Å². The van der Waals surface area contributed by atoms with E-state index in [-0.39, 0.29) is 30.1 Å². The van der Waals surface area contributed by atoms with Gasteiger partial charge in [0.05, 0.1) is 13.2 Å². The minimum absolute atomic E-state index is 0.0989. The number of hydrogen-bond acceptors (Lipinski definition) is 4. The number of nitrogens with one attached hydrogen (secondary N) is 1. The Balaban J connectivity index is 1.64. The zero-order chi connectivity index (χ0) is 24.2. The fourth-order valence-electron chi connectivity index (χ4n) is 4.12. The molecule has 0 aromatic heterocycles. The summed E-state index contributed by atoms with van der Waals surface area (Å²) in [7, 11) is 0. The molecule has 2 rings (SSSR count). The monoisotopic (exact) mass is 472 g/mol. The average molecular weight is 473 g/mol. The summed E-state index contributed by atoms with van der Waals surface area (Å²) in [6, 6.07) is 20.0. The number of thiol groups is 1. The van der Waals surface area contributed by atoms with Crippen LogP contribution in [0.3, 0.4) is 0 Å². The summed E-state index contributed by atoms with van der Waals surface area (Å²) in [4.78, 5) is 12.3. The van der Waals surface area contributed by atoms with Crippen LogP contribution in [0.15, 0.2) is 60.7 Å². The van der Waals surface area contributed by atoms with Crippen LogP contribution >= 0.6 is 12.8 Å². The molecule has 0 aliphatic rings. The van der Waals surface area contributed by atoms with Gasteiger partial charge in [-0.1, -0.05) is 100 Å². The number of rotatable bonds is 14. The zero-order valence-corrected chi connectivity index (χ0v) is 20.9. The van der Waals surface area contributed by atoms with Crippen LogP contribution in [0.25, 0.3) is 0 Å². The molecule has 0 bridgehead atoms. The molecular formula is C27H40N2O3S. The molecule has 2 unspecified atom stereocenters. The third-order valence-electron chi connectivity index (χ3n) is 6.65. The Morgan fingerprint density at radius 2 is 1.27 bits per heavy atom. The van der Waals surface area contributed by atoms with Gasteiger partial charge in [0.25, 0.3) is 0 Å². The summed E-state index contributed by atoms with van der Waals surface area (Å²) < 4.78 is 1.43. The smallest absolute Gasteiger partial charge is 0.327 e. The van der Waals surface area contributed by atoms with Crippen LogP contribution in [0, 0.1) is 0 Å². The van der Waals surface area contributed by atoms with E-state index in [1.807, 2.05) is 36.4 Å². The van der Waals surface area contributed by atoms with Crippen molar-refractivity contribution in [3.05, 3.63) is 71.8 Å². The Bertz CT molecular complexity index is 821. The number of carbonyl (C=O) groups is 1. The molecule has 2 aromatic rings. The van der Waals surface area contributed by atoms with Crippen LogP contribution in [-0.4, -0.2) is 46.9 Å². The molecule has 0 fully saturated rings. The summed E-state index contributed by atoms with van der Waals surface area (Å²) in [6.07, 6.45) is 5.20. The first kappa shape index (κ1) is 27.2. The van der Waals surface area contributed by atoms with Gasteiger partial charge in [-0.3, -0.25) is 4.31 Å². The molecule has 182 valence electrons. The molecule has 33 heavy (non-hydrogen) atoms. The van der Waals surface area contributed by atoms with Crippen molar-refractivity contribution >= 4 is 18.8 Å². The quantitative estimate of drug-likeness (QED) is 0.229. The number of nitrogens with zero attached hydrogens (tertiary/aromatic N) is 1. The fraction of sp³-hybridized carbons (Fsp3) is 0.519. The van der Waals surface area contributed by atoms with Crippen LogP contribution in [-0.2, 0) is 10.8 Å². The Hall–Kier alpha value is -2.02. The maximum absolute atomic E-state index is 12.3. The molecule has 2 amide bonds. The molecule has 0 aliphatic carbocycles. The van der Waals surface area contributed by atoms with Crippen molar-refractivity contribution in [1.82, 2.24) is 9.62 Å². The molecule has 0 radical (unpaired) electrons. The van der Waals surface area contributed by atoms with Crippen LogP contribution in [0.1, 0.15) is 63.5 Å². The number of urea groups is 1. The molecule has 5 nitrogen and oxygen atoms in total. The SMILES string of the molecule is CC(CO)(CCCCNC(=O)N(S)CCCCC(C)(CO)c1ccccc1)c1ccccc1. The first-order valence-corrected chi connectivity index (χ1v) is 12.3. The van der Waals surface area contributed by atoms with E-state index >= 15 is 0 Å². The van der Waals surface area contributed by atoms with E-state index in [1.165, 1.54) is 4.31 Å². The van der Waals surface area contributed by atoms with Gasteiger partial charge in [-0.25, -0.2) is 4.79 Å². The van der Waals surface area contributed by atoms with E-state index in [9.17, 15) is 15.0 Å². The van der Waals surface area contributed by atoms with Crippen LogP contribution in [0.5, 0.6) is 0 Å². The standard InChI is InChI=1S/C27H40N2O3S/c1-26(21-30,23-13-5-3-6-14-23)17-9-11-19-28-25(32)29(33)20-12-10-18-27(2,22-31)24-15-7-4-8-16-24/h3-8,13-16,30-31,33H,9-12,17-22H2,1-2H3,(H,28,32). The Morgan fingerprint density at radius 3 is 1.73 bits per heavy atom. The second-order valence-corrected chi connectivity index (χ2v) is 9.92. The minimum Gasteiger partial charge on any atom is -0.395 e. The highest BCUT2D eigenvalue weighted by Crippen LogP contribution is 2.30. The van der Waals surface area contributed by atoms with Gasteiger partial charge < -0.3 is 15.5 Å². The summed E-state index contributed by atoms with van der Waals surface area (Å²) >= 11 is 4.34. The zero-order valence-electron chi connectivity index (χ0n) is 20.0. The van der Waals surface area contributed by atoms with Gasteiger partial charge in [0.2, 0.25) is 0 Å². The maximum Gasteiger partial charge on any atom is 0.327 e. The third kappa shape index (κ3) is 8.36. The van der Waals surface area contributed by atoms with Crippen molar-refractivity contribution < 1.29 is 15.0 Å².